The van der Waals surface area contributed by atoms with E-state index in [9.17, 15) is 31.5 Å². The second-order valence-electron chi connectivity index (χ2n) is 5.48. The van der Waals surface area contributed by atoms with Crippen molar-refractivity contribution < 1.29 is 31.5 Å². The Morgan fingerprint density at radius 2 is 1.63 bits per heavy atom. The van der Waals surface area contributed by atoms with Crippen molar-refractivity contribution in [2.24, 2.45) is 0 Å². The summed E-state index contributed by atoms with van der Waals surface area (Å²) in [5, 5.41) is 4.10. The number of halogens is 6. The van der Waals surface area contributed by atoms with E-state index in [1.165, 1.54) is 24.3 Å². The number of carbonyl (C=O) groups is 2. The number of nitrogens with one attached hydrogen (secondary N) is 2. The molecule has 0 spiro atoms. The largest absolute Gasteiger partial charge is 0.391 e. The summed E-state index contributed by atoms with van der Waals surface area (Å²) < 4.78 is 64.7. The fraction of sp³-hybridized carbons (Fsp3) is 0.176. The van der Waals surface area contributed by atoms with Crippen molar-refractivity contribution in [2.45, 2.75) is 18.6 Å². The summed E-state index contributed by atoms with van der Waals surface area (Å²) in [6, 6.07) is 5.86. The van der Waals surface area contributed by atoms with E-state index >= 15 is 0 Å². The maximum atomic E-state index is 13.5. The highest BCUT2D eigenvalue weighted by Gasteiger charge is 2.34. The van der Waals surface area contributed by atoms with E-state index in [1.54, 1.807) is 0 Å². The molecule has 0 saturated heterocycles. The molecule has 1 atom stereocenters. The number of carbonyl (C=O) groups excluding carboxylic acids is 2. The summed E-state index contributed by atoms with van der Waals surface area (Å²) in [6.07, 6.45) is -6.06. The first-order valence-corrected chi connectivity index (χ1v) is 7.82. The lowest BCUT2D eigenvalue weighted by Crippen LogP contribution is -2.39. The SMILES string of the molecule is O=C(Nc1ccc(F)cc1F)C(=O)N[C@@H](CC(F)(F)F)c1ccc(Cl)cc1. The molecule has 4 nitrogen and oxygen atoms in total. The average molecular weight is 407 g/mol. The average Bonchev–Trinajstić information content (AvgIpc) is 2.56. The van der Waals surface area contributed by atoms with Gasteiger partial charge in [0.15, 0.2) is 0 Å². The molecule has 2 rings (SSSR count). The summed E-state index contributed by atoms with van der Waals surface area (Å²) in [7, 11) is 0. The van der Waals surface area contributed by atoms with Crippen molar-refractivity contribution in [3.8, 4) is 0 Å². The van der Waals surface area contributed by atoms with Gasteiger partial charge in [-0.05, 0) is 29.8 Å². The van der Waals surface area contributed by atoms with Crippen molar-refractivity contribution in [3.05, 3.63) is 64.7 Å². The zero-order valence-corrected chi connectivity index (χ0v) is 14.2. The first-order chi connectivity index (χ1) is 12.5. The van der Waals surface area contributed by atoms with Crippen molar-refractivity contribution in [2.75, 3.05) is 5.32 Å². The van der Waals surface area contributed by atoms with Gasteiger partial charge >= 0.3 is 18.0 Å². The molecule has 2 aromatic carbocycles. The molecule has 0 aromatic heterocycles. The van der Waals surface area contributed by atoms with Gasteiger partial charge in [0.1, 0.15) is 11.6 Å². The highest BCUT2D eigenvalue weighted by molar-refractivity contribution is 6.39. The third kappa shape index (κ3) is 6.21. The van der Waals surface area contributed by atoms with Gasteiger partial charge in [-0.2, -0.15) is 13.2 Å². The van der Waals surface area contributed by atoms with Crippen LogP contribution in [0.15, 0.2) is 42.5 Å². The third-order valence-electron chi connectivity index (χ3n) is 3.40. The molecule has 0 aliphatic rings. The smallest absolute Gasteiger partial charge is 0.341 e. The molecule has 0 unspecified atom stereocenters. The molecule has 0 fully saturated rings. The van der Waals surface area contributed by atoms with Crippen molar-refractivity contribution >= 4 is 29.1 Å². The number of hydrogen-bond donors (Lipinski definition) is 2. The van der Waals surface area contributed by atoms with E-state index in [1.807, 2.05) is 10.6 Å². The lowest BCUT2D eigenvalue weighted by molar-refractivity contribution is -0.146. The van der Waals surface area contributed by atoms with Gasteiger partial charge in [-0.15, -0.1) is 0 Å². The molecule has 0 radical (unpaired) electrons. The fourth-order valence-corrected chi connectivity index (χ4v) is 2.30. The van der Waals surface area contributed by atoms with E-state index in [-0.39, 0.29) is 10.6 Å². The first kappa shape index (κ1) is 20.6. The number of amides is 2. The lowest BCUT2D eigenvalue weighted by Gasteiger charge is -2.20. The molecule has 0 heterocycles. The minimum atomic E-state index is -4.63. The number of rotatable bonds is 4. The van der Waals surface area contributed by atoms with E-state index in [4.69, 9.17) is 11.6 Å². The molecule has 0 saturated carbocycles. The Morgan fingerprint density at radius 1 is 1.00 bits per heavy atom. The van der Waals surface area contributed by atoms with Gasteiger partial charge in [0.2, 0.25) is 0 Å². The standard InChI is InChI=1S/C17H12ClF5N2O2/c18-10-3-1-9(2-4-10)14(8-17(21,22)23)25-16(27)15(26)24-13-6-5-11(19)7-12(13)20/h1-7,14H,8H2,(H,24,26)(H,25,27)/t14-/m0/s1. The Morgan fingerprint density at radius 3 is 2.19 bits per heavy atom. The highest BCUT2D eigenvalue weighted by Crippen LogP contribution is 2.30. The van der Waals surface area contributed by atoms with Crippen LogP contribution in [-0.2, 0) is 9.59 Å². The summed E-state index contributed by atoms with van der Waals surface area (Å²) in [4.78, 5) is 23.8. The molecule has 0 aliphatic carbocycles. The summed E-state index contributed by atoms with van der Waals surface area (Å²) in [6.45, 7) is 0. The molecule has 0 bridgehead atoms. The second-order valence-corrected chi connectivity index (χ2v) is 5.91. The minimum Gasteiger partial charge on any atom is -0.341 e. The van der Waals surface area contributed by atoms with E-state index in [2.05, 4.69) is 0 Å². The number of benzene rings is 2. The van der Waals surface area contributed by atoms with Crippen LogP contribution in [0.2, 0.25) is 5.02 Å². The maximum absolute atomic E-state index is 13.5. The number of alkyl halides is 3. The second kappa shape index (κ2) is 8.34. The Hall–Kier alpha value is -2.68. The molecular formula is C17H12ClF5N2O2. The van der Waals surface area contributed by atoms with Crippen LogP contribution in [0.1, 0.15) is 18.0 Å². The predicted octanol–water partition coefficient (Wildman–Crippen LogP) is 4.37. The molecule has 2 N–H and O–H groups in total. The predicted molar refractivity (Wildman–Crippen MR) is 88.0 cm³/mol. The maximum Gasteiger partial charge on any atom is 0.391 e. The minimum absolute atomic E-state index is 0.0748. The molecule has 0 aliphatic heterocycles. The highest BCUT2D eigenvalue weighted by atomic mass is 35.5. The number of anilines is 1. The van der Waals surface area contributed by atoms with Crippen molar-refractivity contribution in [3.63, 3.8) is 0 Å². The molecule has 144 valence electrons. The van der Waals surface area contributed by atoms with Crippen molar-refractivity contribution in [1.29, 1.82) is 0 Å². The van der Waals surface area contributed by atoms with Gasteiger partial charge in [-0.3, -0.25) is 9.59 Å². The van der Waals surface area contributed by atoms with E-state index in [0.717, 1.165) is 12.1 Å². The Balaban J connectivity index is 2.14. The van der Waals surface area contributed by atoms with Crippen LogP contribution in [0.4, 0.5) is 27.6 Å². The van der Waals surface area contributed by atoms with Gasteiger partial charge in [0, 0.05) is 11.1 Å². The van der Waals surface area contributed by atoms with E-state index < -0.39 is 47.8 Å². The molecule has 27 heavy (non-hydrogen) atoms. The first-order valence-electron chi connectivity index (χ1n) is 7.44. The normalized spacial score (nSPS) is 12.4. The molecule has 10 heteroatoms. The molecule has 2 aromatic rings. The van der Waals surface area contributed by atoms with Crippen LogP contribution >= 0.6 is 11.6 Å². The Kier molecular flexibility index (Phi) is 6.37. The van der Waals surface area contributed by atoms with Gasteiger partial charge in [0.05, 0.1) is 18.2 Å². The quantitative estimate of drug-likeness (QED) is 0.585. The Bertz CT molecular complexity index is 840. The zero-order valence-electron chi connectivity index (χ0n) is 13.4. The van der Waals surface area contributed by atoms with Gasteiger partial charge in [-0.25, -0.2) is 8.78 Å². The molecule has 2 amide bonds. The number of hydrogen-bond acceptors (Lipinski definition) is 2. The van der Waals surface area contributed by atoms with Crippen LogP contribution < -0.4 is 10.6 Å². The van der Waals surface area contributed by atoms with Gasteiger partial charge in [-0.1, -0.05) is 23.7 Å². The Labute approximate surface area is 155 Å². The fourth-order valence-electron chi connectivity index (χ4n) is 2.17. The van der Waals surface area contributed by atoms with Crippen LogP contribution in [0.25, 0.3) is 0 Å². The lowest BCUT2D eigenvalue weighted by atomic mass is 10.0. The van der Waals surface area contributed by atoms with Crippen LogP contribution in [0.5, 0.6) is 0 Å². The van der Waals surface area contributed by atoms with Crippen LogP contribution in [0, 0.1) is 11.6 Å². The van der Waals surface area contributed by atoms with Gasteiger partial charge in [0.25, 0.3) is 0 Å². The monoisotopic (exact) mass is 406 g/mol. The summed E-state index contributed by atoms with van der Waals surface area (Å²) in [5.41, 5.74) is -0.416. The third-order valence-corrected chi connectivity index (χ3v) is 3.65. The van der Waals surface area contributed by atoms with Gasteiger partial charge < -0.3 is 10.6 Å². The molecular weight excluding hydrogens is 395 g/mol. The summed E-state index contributed by atoms with van der Waals surface area (Å²) >= 11 is 5.69. The van der Waals surface area contributed by atoms with Crippen LogP contribution in [0.3, 0.4) is 0 Å². The zero-order chi connectivity index (χ0) is 20.2. The van der Waals surface area contributed by atoms with E-state index in [0.29, 0.717) is 6.07 Å². The topological polar surface area (TPSA) is 58.2 Å². The summed E-state index contributed by atoms with van der Waals surface area (Å²) in [5.74, 6) is -4.85. The van der Waals surface area contributed by atoms with Crippen molar-refractivity contribution in [1.82, 2.24) is 5.32 Å². The van der Waals surface area contributed by atoms with Crippen LogP contribution in [-0.4, -0.2) is 18.0 Å².